The number of aromatic hydroxyl groups is 1. The quantitative estimate of drug-likeness (QED) is 0.584. The number of nitrogens with one attached hydrogen (secondary N) is 2. The van der Waals surface area contributed by atoms with E-state index in [9.17, 15) is 9.50 Å². The summed E-state index contributed by atoms with van der Waals surface area (Å²) in [6.07, 6.45) is 2.14. The Morgan fingerprint density at radius 3 is 3.12 bits per heavy atom. The third-order valence-electron chi connectivity index (χ3n) is 4.28. The van der Waals surface area contributed by atoms with E-state index in [0.717, 1.165) is 5.56 Å². The predicted molar refractivity (Wildman–Crippen MR) is 91.9 cm³/mol. The van der Waals surface area contributed by atoms with Gasteiger partial charge in [-0.3, -0.25) is 0 Å². The van der Waals surface area contributed by atoms with Gasteiger partial charge in [-0.15, -0.1) is 0 Å². The Kier molecular flexibility index (Phi) is 3.87. The maximum Gasteiger partial charge on any atom is 0.198 e. The summed E-state index contributed by atoms with van der Waals surface area (Å²) in [5.74, 6) is -0.448. The molecule has 0 aromatic carbocycles. The maximum absolute atomic E-state index is 14.9. The molecule has 1 aliphatic heterocycles. The lowest BCUT2D eigenvalue weighted by atomic mass is 10.0. The van der Waals surface area contributed by atoms with Crippen LogP contribution < -0.4 is 11.1 Å². The molecule has 0 amide bonds. The Morgan fingerprint density at radius 2 is 2.38 bits per heavy atom. The van der Waals surface area contributed by atoms with Crippen LogP contribution in [0.4, 0.5) is 10.2 Å². The molecule has 6 nitrogen and oxygen atoms in total. The number of pyridine rings is 1. The van der Waals surface area contributed by atoms with Gasteiger partial charge in [-0.05, 0) is 17.9 Å². The summed E-state index contributed by atoms with van der Waals surface area (Å²) in [6.45, 7) is 1.02. The summed E-state index contributed by atoms with van der Waals surface area (Å²) in [7, 11) is 0. The molecule has 2 atom stereocenters. The highest BCUT2D eigenvalue weighted by atomic mass is 32.1. The van der Waals surface area contributed by atoms with Crippen molar-refractivity contribution in [1.82, 2.24) is 9.97 Å². The molecule has 1 aliphatic rings. The van der Waals surface area contributed by atoms with Gasteiger partial charge in [-0.1, -0.05) is 0 Å². The number of ether oxygens (including phenoxy) is 1. The van der Waals surface area contributed by atoms with Crippen LogP contribution in [-0.2, 0) is 4.74 Å². The summed E-state index contributed by atoms with van der Waals surface area (Å²) in [6, 6.07) is 1.56. The second-order valence-electron chi connectivity index (χ2n) is 5.84. The molecule has 0 saturated carbocycles. The van der Waals surface area contributed by atoms with Gasteiger partial charge in [0, 0.05) is 41.2 Å². The van der Waals surface area contributed by atoms with Gasteiger partial charge in [-0.25, -0.2) is 9.37 Å². The number of fused-ring (bicyclic) bond motifs is 1. The van der Waals surface area contributed by atoms with Crippen molar-refractivity contribution in [3.05, 3.63) is 28.8 Å². The van der Waals surface area contributed by atoms with Crippen molar-refractivity contribution in [2.45, 2.75) is 18.5 Å². The Hall–Kier alpha value is -2.16. The van der Waals surface area contributed by atoms with Gasteiger partial charge in [0.05, 0.1) is 17.7 Å². The monoisotopic (exact) mass is 348 g/mol. The van der Waals surface area contributed by atoms with Gasteiger partial charge >= 0.3 is 0 Å². The fraction of sp³-hybridized carbons (Fsp3) is 0.312. The summed E-state index contributed by atoms with van der Waals surface area (Å²) in [5, 5.41) is 17.7. The largest absolute Gasteiger partial charge is 0.494 e. The zero-order chi connectivity index (χ0) is 16.7. The number of thiophene rings is 1. The number of hydrogen-bond acceptors (Lipinski definition) is 6. The predicted octanol–water partition coefficient (Wildman–Crippen LogP) is 2.66. The average Bonchev–Trinajstić information content (AvgIpc) is 3.23. The number of nitrogens with zero attached hydrogens (tertiary/aromatic N) is 1. The van der Waals surface area contributed by atoms with Crippen molar-refractivity contribution in [1.29, 1.82) is 0 Å². The molecular weight excluding hydrogens is 331 g/mol. The minimum absolute atomic E-state index is 0.0908. The second-order valence-corrected chi connectivity index (χ2v) is 6.62. The molecule has 0 aliphatic carbocycles. The van der Waals surface area contributed by atoms with E-state index in [1.165, 1.54) is 17.5 Å². The van der Waals surface area contributed by atoms with Crippen molar-refractivity contribution in [2.75, 3.05) is 18.5 Å². The van der Waals surface area contributed by atoms with E-state index in [-0.39, 0.29) is 23.8 Å². The molecule has 126 valence electrons. The van der Waals surface area contributed by atoms with Crippen LogP contribution in [0.5, 0.6) is 5.88 Å². The first-order chi connectivity index (χ1) is 11.6. The van der Waals surface area contributed by atoms with Crippen LogP contribution in [0.1, 0.15) is 6.42 Å². The maximum atomic E-state index is 14.9. The normalized spacial score (nSPS) is 21.2. The van der Waals surface area contributed by atoms with Crippen LogP contribution in [0.2, 0.25) is 0 Å². The number of aromatic nitrogens is 2. The van der Waals surface area contributed by atoms with Crippen LogP contribution in [0, 0.1) is 5.82 Å². The summed E-state index contributed by atoms with van der Waals surface area (Å²) in [4.78, 5) is 7.11. The first-order valence-corrected chi connectivity index (χ1v) is 8.61. The van der Waals surface area contributed by atoms with E-state index in [1.54, 1.807) is 0 Å². The smallest absolute Gasteiger partial charge is 0.198 e. The zero-order valence-electron chi connectivity index (χ0n) is 12.8. The minimum Gasteiger partial charge on any atom is -0.494 e. The summed E-state index contributed by atoms with van der Waals surface area (Å²) < 4.78 is 20.2. The SMILES string of the molecule is N[C@H]1COCC[C@H]1Nc1nc(-c2ccsc2)c2c(O)[nH]cc2c1F. The molecule has 24 heavy (non-hydrogen) atoms. The van der Waals surface area contributed by atoms with Crippen LogP contribution in [0.25, 0.3) is 22.0 Å². The van der Waals surface area contributed by atoms with Crippen molar-refractivity contribution < 1.29 is 14.2 Å². The third kappa shape index (κ3) is 2.52. The lowest BCUT2D eigenvalue weighted by Gasteiger charge is -2.30. The molecule has 0 radical (unpaired) electrons. The van der Waals surface area contributed by atoms with Crippen LogP contribution >= 0.6 is 11.3 Å². The molecule has 1 fully saturated rings. The fourth-order valence-corrected chi connectivity index (χ4v) is 3.63. The Bertz CT molecular complexity index is 865. The third-order valence-corrected chi connectivity index (χ3v) is 4.96. The number of halogens is 1. The highest BCUT2D eigenvalue weighted by Crippen LogP contribution is 2.37. The number of H-pyrrole nitrogens is 1. The van der Waals surface area contributed by atoms with E-state index < -0.39 is 5.82 Å². The summed E-state index contributed by atoms with van der Waals surface area (Å²) >= 11 is 1.52. The van der Waals surface area contributed by atoms with Gasteiger partial charge in [0.1, 0.15) is 0 Å². The van der Waals surface area contributed by atoms with Crippen molar-refractivity contribution in [3.63, 3.8) is 0 Å². The molecular formula is C16H17FN4O2S. The second kappa shape index (κ2) is 6.04. The Morgan fingerprint density at radius 1 is 1.50 bits per heavy atom. The number of anilines is 1. The molecule has 4 rings (SSSR count). The molecule has 8 heteroatoms. The molecule has 4 heterocycles. The van der Waals surface area contributed by atoms with Gasteiger partial charge < -0.3 is 25.9 Å². The number of rotatable bonds is 3. The van der Waals surface area contributed by atoms with Gasteiger partial charge in [0.25, 0.3) is 0 Å². The van der Waals surface area contributed by atoms with Gasteiger partial charge in [0.15, 0.2) is 17.5 Å². The standard InChI is InChI=1S/C16H17FN4O2S/c17-13-9-5-19-16(22)12(9)14(8-2-4-24-7-8)21-15(13)20-11-1-3-23-6-10(11)18/h2,4-5,7,10-11,19-20,22H,1,3,6,18H2/t10-,11+/m0/s1. The summed E-state index contributed by atoms with van der Waals surface area (Å²) in [5.41, 5.74) is 7.41. The molecule has 0 spiro atoms. The highest BCUT2D eigenvalue weighted by Gasteiger charge is 2.26. The van der Waals surface area contributed by atoms with Gasteiger partial charge in [-0.2, -0.15) is 11.3 Å². The first kappa shape index (κ1) is 15.4. The van der Waals surface area contributed by atoms with Crippen molar-refractivity contribution in [2.24, 2.45) is 5.73 Å². The molecule has 1 saturated heterocycles. The number of aromatic amines is 1. The lowest BCUT2D eigenvalue weighted by Crippen LogP contribution is -2.47. The zero-order valence-corrected chi connectivity index (χ0v) is 13.6. The van der Waals surface area contributed by atoms with Crippen molar-refractivity contribution >= 4 is 27.9 Å². The average molecular weight is 348 g/mol. The molecule has 3 aromatic rings. The lowest BCUT2D eigenvalue weighted by molar-refractivity contribution is 0.0751. The fourth-order valence-electron chi connectivity index (χ4n) is 2.99. The number of nitrogens with two attached hydrogens (primary N) is 1. The minimum atomic E-state index is -0.501. The van der Waals surface area contributed by atoms with E-state index in [4.69, 9.17) is 10.5 Å². The van der Waals surface area contributed by atoms with Crippen molar-refractivity contribution in [3.8, 4) is 17.1 Å². The van der Waals surface area contributed by atoms with E-state index in [2.05, 4.69) is 15.3 Å². The topological polar surface area (TPSA) is 96.2 Å². The Labute approximate surface area is 141 Å². The van der Waals surface area contributed by atoms with Crippen LogP contribution in [0.3, 0.4) is 0 Å². The Balaban J connectivity index is 1.82. The van der Waals surface area contributed by atoms with Gasteiger partial charge in [0.2, 0.25) is 0 Å². The highest BCUT2D eigenvalue weighted by molar-refractivity contribution is 7.08. The molecule has 0 bridgehead atoms. The molecule has 3 aromatic heterocycles. The first-order valence-electron chi connectivity index (χ1n) is 7.67. The molecule has 5 N–H and O–H groups in total. The van der Waals surface area contributed by atoms with Crippen LogP contribution in [-0.4, -0.2) is 40.4 Å². The molecule has 0 unspecified atom stereocenters. The van der Waals surface area contributed by atoms with E-state index in [1.807, 2.05) is 16.8 Å². The van der Waals surface area contributed by atoms with E-state index in [0.29, 0.717) is 36.1 Å². The van der Waals surface area contributed by atoms with Crippen LogP contribution in [0.15, 0.2) is 23.0 Å². The number of hydrogen-bond donors (Lipinski definition) is 4. The van der Waals surface area contributed by atoms with E-state index >= 15 is 0 Å².